The van der Waals surface area contributed by atoms with Crippen molar-refractivity contribution in [2.45, 2.75) is 6.61 Å². The fourth-order valence-electron chi connectivity index (χ4n) is 2.55. The molecule has 0 saturated heterocycles. The summed E-state index contributed by atoms with van der Waals surface area (Å²) in [6, 6.07) is 14.5. The number of nitrogens with zero attached hydrogens (tertiary/aromatic N) is 2. The van der Waals surface area contributed by atoms with Crippen LogP contribution in [-0.4, -0.2) is 22.2 Å². The minimum absolute atomic E-state index is 0.132. The summed E-state index contributed by atoms with van der Waals surface area (Å²) in [6.07, 6.45) is 0. The molecule has 0 saturated carbocycles. The molecule has 0 aliphatic rings. The SMILES string of the molecule is COc1cc2c(Cl)cccc2nc1Cl.OCc1cc2c(Cl)cccc2nc1Cl.[O]=[Mn]=[O]. The van der Waals surface area contributed by atoms with Gasteiger partial charge in [0, 0.05) is 21.4 Å². The summed E-state index contributed by atoms with van der Waals surface area (Å²) >= 11 is 22.3. The van der Waals surface area contributed by atoms with Gasteiger partial charge in [0.2, 0.25) is 0 Å². The van der Waals surface area contributed by atoms with Gasteiger partial charge in [0.05, 0.1) is 29.8 Å². The van der Waals surface area contributed by atoms with E-state index in [9.17, 15) is 0 Å². The molecule has 0 fully saturated rings. The van der Waals surface area contributed by atoms with Gasteiger partial charge in [-0.1, -0.05) is 58.5 Å². The third-order valence-corrected chi connectivity index (χ3v) is 5.21. The van der Waals surface area contributed by atoms with Crippen molar-refractivity contribution in [3.8, 4) is 5.75 Å². The molecule has 0 radical (unpaired) electrons. The van der Waals surface area contributed by atoms with Crippen molar-refractivity contribution in [3.63, 3.8) is 0 Å². The van der Waals surface area contributed by atoms with Gasteiger partial charge < -0.3 is 9.84 Å². The topological polar surface area (TPSA) is 89.4 Å². The van der Waals surface area contributed by atoms with Crippen molar-refractivity contribution in [1.82, 2.24) is 9.97 Å². The summed E-state index contributed by atoms with van der Waals surface area (Å²) < 4.78 is 21.9. The number of fused-ring (bicyclic) bond motifs is 2. The van der Waals surface area contributed by atoms with Gasteiger partial charge in [-0.15, -0.1) is 0 Å². The first-order valence-corrected chi connectivity index (χ1v) is 10.9. The second-order valence-electron chi connectivity index (χ2n) is 5.75. The van der Waals surface area contributed by atoms with Crippen LogP contribution in [0.25, 0.3) is 21.8 Å². The van der Waals surface area contributed by atoms with Crippen LogP contribution in [0.15, 0.2) is 48.5 Å². The van der Waals surface area contributed by atoms with E-state index in [-0.39, 0.29) is 6.61 Å². The summed E-state index contributed by atoms with van der Waals surface area (Å²) in [4.78, 5) is 8.29. The molecule has 6 nitrogen and oxygen atoms in total. The van der Waals surface area contributed by atoms with Gasteiger partial charge in [0.1, 0.15) is 5.15 Å². The zero-order valence-electron chi connectivity index (χ0n) is 15.8. The molecule has 163 valence electrons. The first-order chi connectivity index (χ1) is 14.9. The number of aromatic nitrogens is 2. The second kappa shape index (κ2) is 12.4. The predicted octanol–water partition coefficient (Wildman–Crippen LogP) is 6.34. The third kappa shape index (κ3) is 6.64. The van der Waals surface area contributed by atoms with Gasteiger partial charge in [0.15, 0.2) is 10.9 Å². The van der Waals surface area contributed by atoms with E-state index in [1.165, 1.54) is 0 Å². The molecule has 1 N–H and O–H groups in total. The molecule has 0 atom stereocenters. The monoisotopic (exact) mass is 541 g/mol. The van der Waals surface area contributed by atoms with Crippen molar-refractivity contribution >= 4 is 68.2 Å². The van der Waals surface area contributed by atoms with E-state index >= 15 is 0 Å². The van der Waals surface area contributed by atoms with Crippen LogP contribution >= 0.6 is 46.4 Å². The predicted molar refractivity (Wildman–Crippen MR) is 117 cm³/mol. The van der Waals surface area contributed by atoms with E-state index in [4.69, 9.17) is 63.9 Å². The van der Waals surface area contributed by atoms with Gasteiger partial charge in [-0.3, -0.25) is 0 Å². The summed E-state index contributed by atoms with van der Waals surface area (Å²) in [5.74, 6) is 0.535. The summed E-state index contributed by atoms with van der Waals surface area (Å²) in [5.41, 5.74) is 2.09. The fraction of sp³-hybridized carbons (Fsp3) is 0.100. The number of ether oxygens (including phenoxy) is 1. The Balaban J connectivity index is 0.000000196. The molecule has 0 amide bonds. The average molecular weight is 543 g/mol. The first kappa shape index (κ1) is 25.6. The molecule has 2 aromatic heterocycles. The summed E-state index contributed by atoms with van der Waals surface area (Å²) in [5, 5.41) is 12.6. The standard InChI is InChI=1S/2C10H7Cl2NO.Mn.2O/c1-14-9-5-6-7(11)3-2-4-8(6)13-10(9)12;11-8-2-1-3-9-7(8)4-6(5-14)10(12)13-9;;;/h2-5H,1H3;1-4,14H,5H2;;;. The Bertz CT molecular complexity index is 1160. The normalized spacial score (nSPS) is 10.0. The van der Waals surface area contributed by atoms with Crippen LogP contribution in [0.2, 0.25) is 20.4 Å². The van der Waals surface area contributed by atoms with E-state index in [0.717, 1.165) is 21.8 Å². The Morgan fingerprint density at radius 2 is 1.35 bits per heavy atom. The van der Waals surface area contributed by atoms with Gasteiger partial charge in [-0.25, -0.2) is 9.97 Å². The number of aliphatic hydroxyl groups excluding tert-OH is 1. The van der Waals surface area contributed by atoms with Crippen LogP contribution in [0.1, 0.15) is 5.56 Å². The second-order valence-corrected chi connectivity index (χ2v) is 7.48. The maximum atomic E-state index is 9.00. The van der Waals surface area contributed by atoms with E-state index in [1.54, 1.807) is 31.4 Å². The molecule has 4 aromatic rings. The molecule has 4 rings (SSSR count). The van der Waals surface area contributed by atoms with Crippen LogP contribution in [0.3, 0.4) is 0 Å². The molecule has 0 spiro atoms. The molecular formula is C20H14Cl4MnN2O4. The number of rotatable bonds is 2. The van der Waals surface area contributed by atoms with Crippen LogP contribution in [0, 0.1) is 0 Å². The quantitative estimate of drug-likeness (QED) is 0.235. The number of pyridine rings is 2. The zero-order valence-corrected chi connectivity index (χ0v) is 20.0. The molecule has 0 bridgehead atoms. The van der Waals surface area contributed by atoms with Gasteiger partial charge in [0.25, 0.3) is 0 Å². The van der Waals surface area contributed by atoms with Gasteiger partial charge in [-0.05, 0) is 36.4 Å². The number of hydrogen-bond donors (Lipinski definition) is 1. The fourth-order valence-corrected chi connectivity index (χ4v) is 3.43. The molecule has 2 heterocycles. The number of hydrogen-bond acceptors (Lipinski definition) is 6. The molecule has 0 aliphatic carbocycles. The van der Waals surface area contributed by atoms with Crippen molar-refractivity contribution in [2.24, 2.45) is 0 Å². The van der Waals surface area contributed by atoms with Crippen molar-refractivity contribution in [3.05, 3.63) is 74.4 Å². The van der Waals surface area contributed by atoms with Crippen molar-refractivity contribution < 1.29 is 32.3 Å². The maximum absolute atomic E-state index is 9.00. The van der Waals surface area contributed by atoms with Crippen LogP contribution in [0.5, 0.6) is 5.75 Å². The Morgan fingerprint density at radius 3 is 1.84 bits per heavy atom. The Labute approximate surface area is 203 Å². The molecule has 31 heavy (non-hydrogen) atoms. The number of benzene rings is 2. The Kier molecular flexibility index (Phi) is 10.2. The molecule has 11 heteroatoms. The van der Waals surface area contributed by atoms with Crippen LogP contribution in [0.4, 0.5) is 0 Å². The summed E-state index contributed by atoms with van der Waals surface area (Å²) in [6.45, 7) is -0.132. The first-order valence-electron chi connectivity index (χ1n) is 8.38. The Morgan fingerprint density at radius 1 is 0.871 bits per heavy atom. The summed E-state index contributed by atoms with van der Waals surface area (Å²) in [7, 11) is 1.55. The van der Waals surface area contributed by atoms with Crippen LogP contribution < -0.4 is 4.74 Å². The number of methoxy groups -OCH3 is 1. The Hall–Kier alpha value is -1.70. The van der Waals surface area contributed by atoms with Gasteiger partial charge >= 0.3 is 22.5 Å². The van der Waals surface area contributed by atoms with Gasteiger partial charge in [-0.2, -0.15) is 0 Å². The van der Waals surface area contributed by atoms with E-state index in [1.807, 2.05) is 24.3 Å². The van der Waals surface area contributed by atoms with Crippen LogP contribution in [-0.2, 0) is 29.1 Å². The van der Waals surface area contributed by atoms with E-state index in [0.29, 0.717) is 31.7 Å². The minimum atomic E-state index is -1.44. The van der Waals surface area contributed by atoms with E-state index in [2.05, 4.69) is 9.97 Å². The number of halogens is 4. The zero-order chi connectivity index (χ0) is 23.0. The number of aliphatic hydroxyl groups is 1. The van der Waals surface area contributed by atoms with Crippen molar-refractivity contribution in [2.75, 3.05) is 7.11 Å². The molecule has 0 unspecified atom stereocenters. The molecule has 2 aromatic carbocycles. The third-order valence-electron chi connectivity index (χ3n) is 3.95. The molecular weight excluding hydrogens is 529 g/mol. The van der Waals surface area contributed by atoms with E-state index < -0.39 is 14.8 Å². The van der Waals surface area contributed by atoms with Crippen molar-refractivity contribution in [1.29, 1.82) is 0 Å². The molecule has 0 aliphatic heterocycles. The average Bonchev–Trinajstić information content (AvgIpc) is 2.74.